The normalized spacial score (nSPS) is 12.6. The van der Waals surface area contributed by atoms with Crippen LogP contribution in [-0.4, -0.2) is 22.6 Å². The SMILES string of the molecule is Cc1ccc(S(=O)(=O)/C=C\CS(=O)(=O)c2ccc(C)cc2)cc1. The summed E-state index contributed by atoms with van der Waals surface area (Å²) in [6.45, 7) is 3.73. The average Bonchev–Trinajstić information content (AvgIpc) is 2.47. The van der Waals surface area contributed by atoms with Crippen molar-refractivity contribution in [1.82, 2.24) is 0 Å². The van der Waals surface area contributed by atoms with Gasteiger partial charge < -0.3 is 0 Å². The lowest BCUT2D eigenvalue weighted by Crippen LogP contribution is -2.05. The van der Waals surface area contributed by atoms with Crippen molar-refractivity contribution in [2.75, 3.05) is 5.75 Å². The Labute approximate surface area is 137 Å². The predicted molar refractivity (Wildman–Crippen MR) is 90.7 cm³/mol. The maximum Gasteiger partial charge on any atom is 0.199 e. The fraction of sp³-hybridized carbons (Fsp3) is 0.176. The number of benzene rings is 2. The van der Waals surface area contributed by atoms with Gasteiger partial charge in [-0.15, -0.1) is 0 Å². The zero-order valence-corrected chi connectivity index (χ0v) is 14.6. The highest BCUT2D eigenvalue weighted by molar-refractivity contribution is 7.94. The Bertz CT molecular complexity index is 906. The van der Waals surface area contributed by atoms with Gasteiger partial charge in [-0.25, -0.2) is 16.8 Å². The van der Waals surface area contributed by atoms with Crippen LogP contribution in [0.2, 0.25) is 0 Å². The molecule has 0 atom stereocenters. The minimum Gasteiger partial charge on any atom is -0.223 e. The number of aryl methyl sites for hydroxylation is 2. The van der Waals surface area contributed by atoms with Crippen molar-refractivity contribution >= 4 is 19.7 Å². The zero-order chi connectivity index (χ0) is 17.1. The van der Waals surface area contributed by atoms with E-state index >= 15 is 0 Å². The summed E-state index contributed by atoms with van der Waals surface area (Å²) in [5.74, 6) is -0.360. The monoisotopic (exact) mass is 350 g/mol. The summed E-state index contributed by atoms with van der Waals surface area (Å²) in [4.78, 5) is 0.326. The van der Waals surface area contributed by atoms with Crippen LogP contribution in [0.25, 0.3) is 0 Å². The first-order chi connectivity index (χ1) is 10.7. The van der Waals surface area contributed by atoms with Crippen LogP contribution in [0.15, 0.2) is 69.8 Å². The first-order valence-corrected chi connectivity index (χ1v) is 10.2. The molecule has 0 aliphatic heterocycles. The molecular formula is C17H18O4S2. The molecule has 0 N–H and O–H groups in total. The second-order valence-corrected chi connectivity index (χ2v) is 9.19. The van der Waals surface area contributed by atoms with Gasteiger partial charge in [0.05, 0.1) is 15.5 Å². The quantitative estimate of drug-likeness (QED) is 0.831. The van der Waals surface area contributed by atoms with Crippen molar-refractivity contribution in [2.24, 2.45) is 0 Å². The molecule has 2 aromatic rings. The molecule has 0 bridgehead atoms. The summed E-state index contributed by atoms with van der Waals surface area (Å²) in [6.07, 6.45) is 1.17. The predicted octanol–water partition coefficient (Wildman–Crippen LogP) is 3.06. The molecular weight excluding hydrogens is 332 g/mol. The van der Waals surface area contributed by atoms with Gasteiger partial charge in [0.2, 0.25) is 0 Å². The van der Waals surface area contributed by atoms with Gasteiger partial charge in [-0.05, 0) is 38.1 Å². The fourth-order valence-corrected chi connectivity index (χ4v) is 4.18. The molecule has 6 heteroatoms. The van der Waals surface area contributed by atoms with E-state index in [0.717, 1.165) is 16.5 Å². The lowest BCUT2D eigenvalue weighted by molar-refractivity contribution is 0.599. The van der Waals surface area contributed by atoms with Crippen LogP contribution >= 0.6 is 0 Å². The second kappa shape index (κ2) is 6.68. The van der Waals surface area contributed by atoms with Crippen LogP contribution in [0.3, 0.4) is 0 Å². The average molecular weight is 350 g/mol. The van der Waals surface area contributed by atoms with Crippen molar-refractivity contribution in [3.63, 3.8) is 0 Å². The molecule has 0 aromatic heterocycles. The molecule has 0 aliphatic rings. The molecule has 0 saturated heterocycles. The molecule has 0 saturated carbocycles. The van der Waals surface area contributed by atoms with Crippen molar-refractivity contribution < 1.29 is 16.8 Å². The van der Waals surface area contributed by atoms with Gasteiger partial charge >= 0.3 is 0 Å². The van der Waals surface area contributed by atoms with E-state index in [-0.39, 0.29) is 15.5 Å². The zero-order valence-electron chi connectivity index (χ0n) is 12.9. The Balaban J connectivity index is 2.17. The lowest BCUT2D eigenvalue weighted by Gasteiger charge is -2.02. The van der Waals surface area contributed by atoms with Crippen LogP contribution in [0.5, 0.6) is 0 Å². The highest BCUT2D eigenvalue weighted by atomic mass is 32.2. The van der Waals surface area contributed by atoms with Crippen molar-refractivity contribution in [3.05, 3.63) is 71.1 Å². The van der Waals surface area contributed by atoms with E-state index in [9.17, 15) is 16.8 Å². The Morgan fingerprint density at radius 1 is 0.739 bits per heavy atom. The van der Waals surface area contributed by atoms with Gasteiger partial charge in [0.1, 0.15) is 0 Å². The van der Waals surface area contributed by atoms with E-state index in [1.807, 2.05) is 13.8 Å². The number of hydrogen-bond donors (Lipinski definition) is 0. The van der Waals surface area contributed by atoms with E-state index in [0.29, 0.717) is 0 Å². The first-order valence-electron chi connectivity index (χ1n) is 6.98. The maximum atomic E-state index is 12.2. The molecule has 0 unspecified atom stereocenters. The minimum atomic E-state index is -3.63. The molecule has 0 amide bonds. The third-order valence-electron chi connectivity index (χ3n) is 3.32. The van der Waals surface area contributed by atoms with Crippen LogP contribution in [0.1, 0.15) is 11.1 Å². The van der Waals surface area contributed by atoms with Gasteiger partial charge in [-0.1, -0.05) is 41.5 Å². The maximum absolute atomic E-state index is 12.2. The summed E-state index contributed by atoms with van der Waals surface area (Å²) < 4.78 is 48.6. The Morgan fingerprint density at radius 2 is 1.17 bits per heavy atom. The molecule has 2 aromatic carbocycles. The van der Waals surface area contributed by atoms with Crippen molar-refractivity contribution in [3.8, 4) is 0 Å². The Kier molecular flexibility index (Phi) is 5.06. The van der Waals surface area contributed by atoms with Gasteiger partial charge in [-0.2, -0.15) is 0 Å². The highest BCUT2D eigenvalue weighted by Crippen LogP contribution is 2.15. The molecule has 4 nitrogen and oxygen atoms in total. The van der Waals surface area contributed by atoms with Crippen molar-refractivity contribution in [1.29, 1.82) is 0 Å². The topological polar surface area (TPSA) is 68.3 Å². The Hall–Kier alpha value is -1.92. The van der Waals surface area contributed by atoms with Gasteiger partial charge in [0, 0.05) is 5.41 Å². The van der Waals surface area contributed by atoms with Crippen LogP contribution in [-0.2, 0) is 19.7 Å². The standard InChI is InChI=1S/C17H18O4S2/c1-14-4-8-16(9-5-14)22(18,19)12-3-13-23(20,21)17-10-6-15(2)7-11-17/h3-12H,13H2,1-2H3/b12-3-. The van der Waals surface area contributed by atoms with E-state index in [1.54, 1.807) is 24.3 Å². The summed E-state index contributed by atoms with van der Waals surface area (Å²) in [6, 6.07) is 12.9. The summed E-state index contributed by atoms with van der Waals surface area (Å²) in [7, 11) is -7.17. The molecule has 0 heterocycles. The number of sulfone groups is 2. The molecule has 0 aliphatic carbocycles. The smallest absolute Gasteiger partial charge is 0.199 e. The Morgan fingerprint density at radius 3 is 1.65 bits per heavy atom. The molecule has 23 heavy (non-hydrogen) atoms. The fourth-order valence-electron chi connectivity index (χ4n) is 1.94. The molecule has 2 rings (SSSR count). The molecule has 0 radical (unpaired) electrons. The third-order valence-corrected chi connectivity index (χ3v) is 6.42. The van der Waals surface area contributed by atoms with Crippen molar-refractivity contribution in [2.45, 2.75) is 23.6 Å². The summed E-state index contributed by atoms with van der Waals surface area (Å²) >= 11 is 0. The molecule has 0 fully saturated rings. The van der Waals surface area contributed by atoms with Crippen LogP contribution < -0.4 is 0 Å². The minimum absolute atomic E-state index is 0.145. The third kappa shape index (κ3) is 4.53. The lowest BCUT2D eigenvalue weighted by atomic mass is 10.2. The van der Waals surface area contributed by atoms with Gasteiger partial charge in [0.25, 0.3) is 0 Å². The number of rotatable bonds is 5. The highest BCUT2D eigenvalue weighted by Gasteiger charge is 2.14. The van der Waals surface area contributed by atoms with Gasteiger partial charge in [0.15, 0.2) is 19.7 Å². The second-order valence-electron chi connectivity index (χ2n) is 5.32. The summed E-state index contributed by atoms with van der Waals surface area (Å²) in [5, 5.41) is 0.948. The summed E-state index contributed by atoms with van der Waals surface area (Å²) in [5.41, 5.74) is 1.91. The van der Waals surface area contributed by atoms with E-state index in [4.69, 9.17) is 0 Å². The molecule has 0 spiro atoms. The first kappa shape index (κ1) is 17.4. The van der Waals surface area contributed by atoms with Gasteiger partial charge in [-0.3, -0.25) is 0 Å². The largest absolute Gasteiger partial charge is 0.223 e. The van der Waals surface area contributed by atoms with E-state index < -0.39 is 19.7 Å². The van der Waals surface area contributed by atoms with E-state index in [1.165, 1.54) is 30.3 Å². The number of hydrogen-bond acceptors (Lipinski definition) is 4. The van der Waals surface area contributed by atoms with Crippen LogP contribution in [0, 0.1) is 13.8 Å². The molecule has 122 valence electrons. The van der Waals surface area contributed by atoms with E-state index in [2.05, 4.69) is 0 Å². The van der Waals surface area contributed by atoms with Crippen LogP contribution in [0.4, 0.5) is 0 Å².